The van der Waals surface area contributed by atoms with Gasteiger partial charge in [-0.2, -0.15) is 0 Å². The first-order chi connectivity index (χ1) is 9.04. The number of rotatable bonds is 4. The molecule has 1 aromatic rings. The third kappa shape index (κ3) is 2.60. The molecule has 2 heterocycles. The van der Waals surface area contributed by atoms with Crippen molar-refractivity contribution in [2.45, 2.75) is 18.9 Å². The number of hydrogen-bond acceptors (Lipinski definition) is 4. The molecule has 1 unspecified atom stereocenters. The standard InChI is InChI=1S/C12H18N4O3/c1-13-7-9-4-3-5-15(9)12(17)11-6-10(16(18)19)8-14(11)2/h6,8-9,13H,3-5,7H2,1-2H3. The van der Waals surface area contributed by atoms with E-state index >= 15 is 0 Å². The van der Waals surface area contributed by atoms with E-state index in [9.17, 15) is 14.9 Å². The van der Waals surface area contributed by atoms with Crippen LogP contribution in [0.5, 0.6) is 0 Å². The Bertz CT molecular complexity index is 497. The van der Waals surface area contributed by atoms with Gasteiger partial charge in [0.15, 0.2) is 0 Å². The second-order valence-corrected chi connectivity index (χ2v) is 4.80. The quantitative estimate of drug-likeness (QED) is 0.644. The molecule has 0 saturated carbocycles. The normalized spacial score (nSPS) is 18.8. The van der Waals surface area contributed by atoms with E-state index in [4.69, 9.17) is 0 Å². The van der Waals surface area contributed by atoms with E-state index in [0.717, 1.165) is 19.4 Å². The fourth-order valence-electron chi connectivity index (χ4n) is 2.56. The lowest BCUT2D eigenvalue weighted by molar-refractivity contribution is -0.384. The number of likely N-dealkylation sites (N-methyl/N-ethyl adjacent to an activating group) is 1. The molecular weight excluding hydrogens is 248 g/mol. The maximum absolute atomic E-state index is 12.4. The molecule has 0 radical (unpaired) electrons. The Labute approximate surface area is 111 Å². The molecule has 0 bridgehead atoms. The zero-order chi connectivity index (χ0) is 14.0. The molecular formula is C12H18N4O3. The highest BCUT2D eigenvalue weighted by molar-refractivity contribution is 5.94. The Balaban J connectivity index is 2.21. The van der Waals surface area contributed by atoms with Gasteiger partial charge in [-0.15, -0.1) is 0 Å². The number of carbonyl (C=O) groups is 1. The zero-order valence-electron chi connectivity index (χ0n) is 11.1. The number of aromatic nitrogens is 1. The van der Waals surface area contributed by atoms with Gasteiger partial charge in [0, 0.05) is 32.2 Å². The number of aryl methyl sites for hydroxylation is 1. The predicted molar refractivity (Wildman–Crippen MR) is 70.1 cm³/mol. The lowest BCUT2D eigenvalue weighted by Crippen LogP contribution is -2.41. The van der Waals surface area contributed by atoms with Crippen LogP contribution < -0.4 is 5.32 Å². The van der Waals surface area contributed by atoms with Crippen molar-refractivity contribution in [2.75, 3.05) is 20.1 Å². The Kier molecular flexibility index (Phi) is 3.84. The summed E-state index contributed by atoms with van der Waals surface area (Å²) in [6.07, 6.45) is 3.32. The van der Waals surface area contributed by atoms with Gasteiger partial charge in [-0.25, -0.2) is 0 Å². The highest BCUT2D eigenvalue weighted by atomic mass is 16.6. The second kappa shape index (κ2) is 5.40. The van der Waals surface area contributed by atoms with Crippen LogP contribution in [-0.4, -0.2) is 46.5 Å². The minimum Gasteiger partial charge on any atom is -0.340 e. The van der Waals surface area contributed by atoms with E-state index in [1.165, 1.54) is 16.8 Å². The number of carbonyl (C=O) groups excluding carboxylic acids is 1. The fraction of sp³-hybridized carbons (Fsp3) is 0.583. The van der Waals surface area contributed by atoms with Crippen LogP contribution in [0, 0.1) is 10.1 Å². The monoisotopic (exact) mass is 266 g/mol. The van der Waals surface area contributed by atoms with Crippen LogP contribution in [0.3, 0.4) is 0 Å². The SMILES string of the molecule is CNCC1CCCN1C(=O)c1cc([N+](=O)[O-])cn1C. The van der Waals surface area contributed by atoms with Crippen molar-refractivity contribution in [3.8, 4) is 0 Å². The molecule has 0 spiro atoms. The highest BCUT2D eigenvalue weighted by Gasteiger charge is 2.31. The molecule has 1 fully saturated rings. The van der Waals surface area contributed by atoms with Crippen molar-refractivity contribution in [3.63, 3.8) is 0 Å². The first-order valence-electron chi connectivity index (χ1n) is 6.31. The lowest BCUT2D eigenvalue weighted by Gasteiger charge is -2.24. The number of likely N-dealkylation sites (tertiary alicyclic amines) is 1. The molecule has 7 heteroatoms. The molecule has 1 aliphatic heterocycles. The number of amides is 1. The maximum atomic E-state index is 12.4. The molecule has 0 aliphatic carbocycles. The number of nitro groups is 1. The van der Waals surface area contributed by atoms with E-state index in [2.05, 4.69) is 5.32 Å². The van der Waals surface area contributed by atoms with Crippen molar-refractivity contribution in [3.05, 3.63) is 28.1 Å². The van der Waals surface area contributed by atoms with Crippen LogP contribution >= 0.6 is 0 Å². The summed E-state index contributed by atoms with van der Waals surface area (Å²) in [7, 11) is 3.51. The smallest absolute Gasteiger partial charge is 0.287 e. The summed E-state index contributed by atoms with van der Waals surface area (Å²) in [5, 5.41) is 13.8. The number of nitrogens with zero attached hydrogens (tertiary/aromatic N) is 3. The Morgan fingerprint density at radius 1 is 1.63 bits per heavy atom. The predicted octanol–water partition coefficient (Wildman–Crippen LogP) is 0.757. The zero-order valence-corrected chi connectivity index (χ0v) is 11.1. The fourth-order valence-corrected chi connectivity index (χ4v) is 2.56. The minimum atomic E-state index is -0.480. The maximum Gasteiger partial charge on any atom is 0.287 e. The largest absolute Gasteiger partial charge is 0.340 e. The summed E-state index contributed by atoms with van der Waals surface area (Å²) in [5.74, 6) is -0.131. The van der Waals surface area contributed by atoms with Crippen LogP contribution in [0.25, 0.3) is 0 Å². The van der Waals surface area contributed by atoms with Crippen LogP contribution in [0.4, 0.5) is 5.69 Å². The summed E-state index contributed by atoms with van der Waals surface area (Å²) in [6, 6.07) is 1.52. The summed E-state index contributed by atoms with van der Waals surface area (Å²) in [5.41, 5.74) is 0.324. The van der Waals surface area contributed by atoms with Crippen LogP contribution in [-0.2, 0) is 7.05 Å². The van der Waals surface area contributed by atoms with Gasteiger partial charge in [0.05, 0.1) is 11.1 Å². The summed E-state index contributed by atoms with van der Waals surface area (Å²) < 4.78 is 1.52. The first-order valence-corrected chi connectivity index (χ1v) is 6.31. The van der Waals surface area contributed by atoms with E-state index in [0.29, 0.717) is 12.2 Å². The van der Waals surface area contributed by atoms with Crippen molar-refractivity contribution in [1.29, 1.82) is 0 Å². The molecule has 1 amide bonds. The van der Waals surface area contributed by atoms with Crippen molar-refractivity contribution >= 4 is 11.6 Å². The van der Waals surface area contributed by atoms with Crippen molar-refractivity contribution in [2.24, 2.45) is 7.05 Å². The highest BCUT2D eigenvalue weighted by Crippen LogP contribution is 2.22. The molecule has 1 atom stereocenters. The van der Waals surface area contributed by atoms with Gasteiger partial charge in [-0.1, -0.05) is 0 Å². The summed E-state index contributed by atoms with van der Waals surface area (Å²) >= 11 is 0. The Hall–Kier alpha value is -1.89. The average molecular weight is 266 g/mol. The van der Waals surface area contributed by atoms with Crippen LogP contribution in [0.15, 0.2) is 12.3 Å². The van der Waals surface area contributed by atoms with E-state index in [1.807, 2.05) is 7.05 Å². The molecule has 1 aliphatic rings. The molecule has 7 nitrogen and oxygen atoms in total. The minimum absolute atomic E-state index is 0.0461. The van der Waals surface area contributed by atoms with Crippen LogP contribution in [0.1, 0.15) is 23.3 Å². The van der Waals surface area contributed by atoms with Gasteiger partial charge in [0.1, 0.15) is 5.69 Å². The van der Waals surface area contributed by atoms with E-state index in [-0.39, 0.29) is 17.6 Å². The average Bonchev–Trinajstić information content (AvgIpc) is 2.95. The second-order valence-electron chi connectivity index (χ2n) is 4.80. The summed E-state index contributed by atoms with van der Waals surface area (Å²) in [6.45, 7) is 1.46. The molecule has 104 valence electrons. The van der Waals surface area contributed by atoms with Gasteiger partial charge >= 0.3 is 0 Å². The van der Waals surface area contributed by atoms with Crippen LogP contribution in [0.2, 0.25) is 0 Å². The van der Waals surface area contributed by atoms with E-state index < -0.39 is 4.92 Å². The Morgan fingerprint density at radius 3 is 2.95 bits per heavy atom. The third-order valence-electron chi connectivity index (χ3n) is 3.50. The van der Waals surface area contributed by atoms with Gasteiger partial charge in [-0.05, 0) is 19.9 Å². The van der Waals surface area contributed by atoms with Gasteiger partial charge < -0.3 is 14.8 Å². The summed E-state index contributed by atoms with van der Waals surface area (Å²) in [4.78, 5) is 24.5. The van der Waals surface area contributed by atoms with E-state index in [1.54, 1.807) is 11.9 Å². The number of hydrogen-bond donors (Lipinski definition) is 1. The van der Waals surface area contributed by atoms with Gasteiger partial charge in [0.2, 0.25) is 0 Å². The Morgan fingerprint density at radius 2 is 2.37 bits per heavy atom. The number of nitrogens with one attached hydrogen (secondary N) is 1. The molecule has 1 aromatic heterocycles. The lowest BCUT2D eigenvalue weighted by atomic mass is 10.2. The molecule has 1 N–H and O–H groups in total. The van der Waals surface area contributed by atoms with Crippen molar-refractivity contribution in [1.82, 2.24) is 14.8 Å². The van der Waals surface area contributed by atoms with Gasteiger partial charge in [0.25, 0.3) is 11.6 Å². The van der Waals surface area contributed by atoms with Crippen molar-refractivity contribution < 1.29 is 9.72 Å². The third-order valence-corrected chi connectivity index (χ3v) is 3.50. The van der Waals surface area contributed by atoms with Gasteiger partial charge in [-0.3, -0.25) is 14.9 Å². The first kappa shape index (κ1) is 13.5. The topological polar surface area (TPSA) is 80.4 Å². The molecule has 1 saturated heterocycles. The molecule has 2 rings (SSSR count). The molecule has 19 heavy (non-hydrogen) atoms. The molecule has 0 aromatic carbocycles.